The molecule has 0 atom stereocenters. The van der Waals surface area contributed by atoms with E-state index in [1.165, 1.54) is 25.7 Å². The SMILES string of the molecule is COCCCNc1nncc(NCCC2=CCCCC2)n1. The Bertz CT molecular complexity index is 449. The minimum atomic E-state index is 0.563. The van der Waals surface area contributed by atoms with Crippen LogP contribution in [0, 0.1) is 0 Å². The largest absolute Gasteiger partial charge is 0.385 e. The molecule has 1 aromatic heterocycles. The van der Waals surface area contributed by atoms with E-state index in [0.29, 0.717) is 5.95 Å². The first-order chi connectivity index (χ1) is 10.4. The van der Waals surface area contributed by atoms with E-state index in [4.69, 9.17) is 4.74 Å². The highest BCUT2D eigenvalue weighted by Gasteiger charge is 2.04. The van der Waals surface area contributed by atoms with Crippen LogP contribution in [0.25, 0.3) is 0 Å². The standard InChI is InChI=1S/C15H25N5O/c1-21-11-5-9-17-15-19-14(12-18-20-15)16-10-8-13-6-3-2-4-7-13/h6,12H,2-5,7-11H2,1H3,(H2,16,17,19,20). The number of aromatic nitrogens is 3. The Morgan fingerprint density at radius 1 is 1.24 bits per heavy atom. The third-order valence-electron chi connectivity index (χ3n) is 3.50. The van der Waals surface area contributed by atoms with Crippen molar-refractivity contribution in [3.63, 3.8) is 0 Å². The number of ether oxygens (including phenoxy) is 1. The molecule has 0 saturated carbocycles. The van der Waals surface area contributed by atoms with E-state index in [1.807, 2.05) is 0 Å². The van der Waals surface area contributed by atoms with Gasteiger partial charge >= 0.3 is 0 Å². The number of hydrogen-bond acceptors (Lipinski definition) is 6. The average Bonchev–Trinajstić information content (AvgIpc) is 2.53. The van der Waals surface area contributed by atoms with Crippen LogP contribution in [-0.4, -0.2) is 42.0 Å². The van der Waals surface area contributed by atoms with Crippen molar-refractivity contribution in [1.29, 1.82) is 0 Å². The van der Waals surface area contributed by atoms with Crippen molar-refractivity contribution in [1.82, 2.24) is 15.2 Å². The van der Waals surface area contributed by atoms with Gasteiger partial charge < -0.3 is 15.4 Å². The summed E-state index contributed by atoms with van der Waals surface area (Å²) in [5, 5.41) is 14.4. The Morgan fingerprint density at radius 3 is 3.00 bits per heavy atom. The van der Waals surface area contributed by atoms with Crippen LogP contribution < -0.4 is 10.6 Å². The quantitative estimate of drug-likeness (QED) is 0.538. The molecule has 0 saturated heterocycles. The summed E-state index contributed by atoms with van der Waals surface area (Å²) in [4.78, 5) is 4.40. The lowest BCUT2D eigenvalue weighted by atomic mass is 9.97. The summed E-state index contributed by atoms with van der Waals surface area (Å²) in [5.74, 6) is 1.34. The Hall–Kier alpha value is -1.69. The van der Waals surface area contributed by atoms with E-state index in [2.05, 4.69) is 31.9 Å². The van der Waals surface area contributed by atoms with Crippen LogP contribution in [0.3, 0.4) is 0 Å². The third kappa shape index (κ3) is 6.08. The number of nitrogens with one attached hydrogen (secondary N) is 2. The molecule has 1 aliphatic rings. The summed E-state index contributed by atoms with van der Waals surface area (Å²) in [6.45, 7) is 2.41. The van der Waals surface area contributed by atoms with Crippen molar-refractivity contribution < 1.29 is 4.74 Å². The fourth-order valence-electron chi connectivity index (χ4n) is 2.36. The monoisotopic (exact) mass is 291 g/mol. The molecular formula is C15H25N5O. The maximum atomic E-state index is 5.00. The number of anilines is 2. The van der Waals surface area contributed by atoms with E-state index in [-0.39, 0.29) is 0 Å². The van der Waals surface area contributed by atoms with Crippen LogP contribution >= 0.6 is 0 Å². The molecule has 1 aromatic rings. The van der Waals surface area contributed by atoms with Gasteiger partial charge in [-0.1, -0.05) is 11.6 Å². The van der Waals surface area contributed by atoms with Gasteiger partial charge in [-0.05, 0) is 38.5 Å². The highest BCUT2D eigenvalue weighted by molar-refractivity contribution is 5.36. The third-order valence-corrected chi connectivity index (χ3v) is 3.50. The van der Waals surface area contributed by atoms with Gasteiger partial charge in [-0.15, -0.1) is 5.10 Å². The molecule has 21 heavy (non-hydrogen) atoms. The fourth-order valence-corrected chi connectivity index (χ4v) is 2.36. The van der Waals surface area contributed by atoms with Crippen molar-refractivity contribution in [2.24, 2.45) is 0 Å². The van der Waals surface area contributed by atoms with Crippen molar-refractivity contribution in [2.75, 3.05) is 37.4 Å². The summed E-state index contributed by atoms with van der Waals surface area (Å²) >= 11 is 0. The maximum Gasteiger partial charge on any atom is 0.244 e. The highest BCUT2D eigenvalue weighted by Crippen LogP contribution is 2.19. The van der Waals surface area contributed by atoms with E-state index in [0.717, 1.165) is 38.4 Å². The van der Waals surface area contributed by atoms with Gasteiger partial charge in [-0.3, -0.25) is 0 Å². The lowest BCUT2D eigenvalue weighted by Crippen LogP contribution is -2.11. The van der Waals surface area contributed by atoms with Gasteiger partial charge in [0.25, 0.3) is 0 Å². The Labute approximate surface area is 126 Å². The number of rotatable bonds is 9. The lowest BCUT2D eigenvalue weighted by Gasteiger charge is -2.13. The van der Waals surface area contributed by atoms with Crippen molar-refractivity contribution >= 4 is 11.8 Å². The molecular weight excluding hydrogens is 266 g/mol. The van der Waals surface area contributed by atoms with Crippen LogP contribution in [-0.2, 0) is 4.74 Å². The number of methoxy groups -OCH3 is 1. The lowest BCUT2D eigenvalue weighted by molar-refractivity contribution is 0.197. The molecule has 6 nitrogen and oxygen atoms in total. The first-order valence-electron chi connectivity index (χ1n) is 7.73. The normalized spacial score (nSPS) is 14.6. The number of allylic oxidation sites excluding steroid dienone is 1. The summed E-state index contributed by atoms with van der Waals surface area (Å²) in [6, 6.07) is 0. The molecule has 0 fully saturated rings. The van der Waals surface area contributed by atoms with Crippen LogP contribution in [0.4, 0.5) is 11.8 Å². The van der Waals surface area contributed by atoms with Crippen molar-refractivity contribution in [3.05, 3.63) is 17.8 Å². The molecule has 0 radical (unpaired) electrons. The minimum Gasteiger partial charge on any atom is -0.385 e. The second kappa shape index (κ2) is 9.28. The molecule has 0 bridgehead atoms. The average molecular weight is 291 g/mol. The zero-order chi connectivity index (χ0) is 14.8. The van der Waals surface area contributed by atoms with Crippen LogP contribution in [0.2, 0.25) is 0 Å². The Balaban J connectivity index is 1.71. The molecule has 0 aromatic carbocycles. The second-order valence-electron chi connectivity index (χ2n) is 5.22. The molecule has 6 heteroatoms. The Morgan fingerprint density at radius 2 is 2.19 bits per heavy atom. The van der Waals surface area contributed by atoms with Crippen molar-refractivity contribution in [2.45, 2.75) is 38.5 Å². The molecule has 0 aliphatic heterocycles. The second-order valence-corrected chi connectivity index (χ2v) is 5.22. The van der Waals surface area contributed by atoms with Gasteiger partial charge in [-0.2, -0.15) is 10.1 Å². The minimum absolute atomic E-state index is 0.563. The summed E-state index contributed by atoms with van der Waals surface area (Å²) in [5.41, 5.74) is 1.56. The van der Waals surface area contributed by atoms with Gasteiger partial charge in [0, 0.05) is 26.8 Å². The van der Waals surface area contributed by atoms with Crippen LogP contribution in [0.1, 0.15) is 38.5 Å². The molecule has 2 N–H and O–H groups in total. The summed E-state index contributed by atoms with van der Waals surface area (Å²) in [7, 11) is 1.70. The number of hydrogen-bond donors (Lipinski definition) is 2. The van der Waals surface area contributed by atoms with E-state index >= 15 is 0 Å². The first kappa shape index (κ1) is 15.7. The van der Waals surface area contributed by atoms with Gasteiger partial charge in [-0.25, -0.2) is 0 Å². The molecule has 1 heterocycles. The highest BCUT2D eigenvalue weighted by atomic mass is 16.5. The molecule has 0 unspecified atom stereocenters. The van der Waals surface area contributed by atoms with Gasteiger partial charge in [0.05, 0.1) is 6.20 Å². The van der Waals surface area contributed by atoms with Gasteiger partial charge in [0.15, 0.2) is 5.82 Å². The Kier molecular flexibility index (Phi) is 6.94. The van der Waals surface area contributed by atoms with E-state index in [1.54, 1.807) is 18.9 Å². The smallest absolute Gasteiger partial charge is 0.244 e. The van der Waals surface area contributed by atoms with Crippen LogP contribution in [0.5, 0.6) is 0 Å². The molecule has 0 spiro atoms. The van der Waals surface area contributed by atoms with E-state index < -0.39 is 0 Å². The number of nitrogens with zero attached hydrogens (tertiary/aromatic N) is 3. The predicted molar refractivity (Wildman–Crippen MR) is 84.5 cm³/mol. The zero-order valence-corrected chi connectivity index (χ0v) is 12.8. The summed E-state index contributed by atoms with van der Waals surface area (Å²) in [6.07, 6.45) is 11.2. The van der Waals surface area contributed by atoms with Gasteiger partial charge in [0.1, 0.15) is 0 Å². The molecule has 116 valence electrons. The molecule has 2 rings (SSSR count). The zero-order valence-electron chi connectivity index (χ0n) is 12.8. The topological polar surface area (TPSA) is 72.0 Å². The van der Waals surface area contributed by atoms with Crippen molar-refractivity contribution in [3.8, 4) is 0 Å². The molecule has 1 aliphatic carbocycles. The van der Waals surface area contributed by atoms with Crippen LogP contribution in [0.15, 0.2) is 17.8 Å². The predicted octanol–water partition coefficient (Wildman–Crippen LogP) is 2.62. The summed E-state index contributed by atoms with van der Waals surface area (Å²) < 4.78 is 5.00. The molecule has 0 amide bonds. The van der Waals surface area contributed by atoms with Gasteiger partial charge in [0.2, 0.25) is 5.95 Å². The van der Waals surface area contributed by atoms with E-state index in [9.17, 15) is 0 Å². The fraction of sp³-hybridized carbons (Fsp3) is 0.667. The first-order valence-corrected chi connectivity index (χ1v) is 7.73. The maximum absolute atomic E-state index is 5.00.